The average Bonchev–Trinajstić information content (AvgIpc) is 0.832. The fraction of sp³-hybridized carbons (Fsp3) is 0.222. The number of nitrogens with one attached hydrogen (secondary N) is 12. The first-order chi connectivity index (χ1) is 49.3. The van der Waals surface area contributed by atoms with Gasteiger partial charge in [-0.15, -0.1) is 0 Å². The molecule has 9 aromatic rings. The number of aliphatic hydroxyl groups is 1. The molecule has 1 aliphatic rings. The van der Waals surface area contributed by atoms with Crippen LogP contribution < -0.4 is 74.3 Å². The van der Waals surface area contributed by atoms with E-state index in [-0.39, 0.29) is 52.8 Å². The van der Waals surface area contributed by atoms with Gasteiger partial charge in [-0.2, -0.15) is 0 Å². The van der Waals surface area contributed by atoms with E-state index >= 15 is 0 Å². The molecule has 102 heavy (non-hydrogen) atoms. The van der Waals surface area contributed by atoms with E-state index in [0.717, 1.165) is 16.9 Å². The number of carbonyl (C=O) groups is 7. The van der Waals surface area contributed by atoms with Gasteiger partial charge in [0.25, 0.3) is 23.3 Å². The number of pyridine rings is 5. The van der Waals surface area contributed by atoms with Crippen molar-refractivity contribution in [1.29, 1.82) is 0 Å². The Morgan fingerprint density at radius 2 is 0.961 bits per heavy atom. The Kier molecular flexibility index (Phi) is 27.3. The van der Waals surface area contributed by atoms with Crippen LogP contribution in [0.5, 0.6) is 0 Å². The van der Waals surface area contributed by atoms with Crippen molar-refractivity contribution in [2.45, 2.75) is 47.5 Å². The third-order valence-electron chi connectivity index (χ3n) is 14.9. The number of esters is 1. The molecule has 1 saturated heterocycles. The summed E-state index contributed by atoms with van der Waals surface area (Å²) in [6.45, 7) is 11.9. The maximum Gasteiger partial charge on any atom is 0.320 e. The molecule has 10 rings (SSSR count). The molecule has 13 N–H and O–H groups in total. The van der Waals surface area contributed by atoms with Crippen LogP contribution >= 0.6 is 0 Å². The fourth-order valence-electron chi connectivity index (χ4n) is 9.59. The lowest BCUT2D eigenvalue weighted by atomic mass is 9.80. The molecule has 1 fully saturated rings. The molecule has 0 saturated carbocycles. The van der Waals surface area contributed by atoms with Crippen LogP contribution in [0.15, 0.2) is 182 Å². The Morgan fingerprint density at radius 3 is 1.39 bits per heavy atom. The number of aliphatic hydroxyl groups excluding tert-OH is 1. The SMILES string of the molecule is CCNC(=O)Nc1cc(Nc2ccccc2)c(C(=O)Nc2ccc(C#CCO)cc2)cn1.CCNC(=O)Nc1cc(Nc2ccccc2)c(C(=O)Nc2ccn(C)c(=O)c2)cn1.CCNC(=O)Nc1cc(Nc2cccnc2)c(C(=O)Nc2cnc(N3CCC(C)(C(=O)OCC)CC3)nc2)cn1. The maximum absolute atomic E-state index is 13.2. The van der Waals surface area contributed by atoms with Crippen LogP contribution in [-0.2, 0) is 16.6 Å². The van der Waals surface area contributed by atoms with Crippen molar-refractivity contribution < 1.29 is 43.4 Å². The predicted octanol–water partition coefficient (Wildman–Crippen LogP) is 10.1. The molecule has 0 aliphatic carbocycles. The number of benzene rings is 3. The number of carbonyl (C=O) groups excluding carboxylic acids is 7. The zero-order chi connectivity index (χ0) is 72.8. The molecule has 526 valence electrons. The number of hydrogen-bond acceptors (Lipinski definition) is 20. The quantitative estimate of drug-likeness (QED) is 0.0235. The van der Waals surface area contributed by atoms with Crippen LogP contribution in [0.2, 0.25) is 0 Å². The Bertz CT molecular complexity index is 4480. The molecule has 0 spiro atoms. The minimum atomic E-state index is -0.513. The minimum absolute atomic E-state index is 0.173. The Balaban J connectivity index is 0.000000197. The highest BCUT2D eigenvalue weighted by Gasteiger charge is 2.39. The van der Waals surface area contributed by atoms with Crippen LogP contribution in [0.1, 0.15) is 84.1 Å². The fourth-order valence-corrected chi connectivity index (χ4v) is 9.59. The van der Waals surface area contributed by atoms with Gasteiger partial charge in [-0.05, 0) is 114 Å². The number of ether oxygens (including phenoxy) is 1. The average molecular weight is 1380 g/mol. The van der Waals surface area contributed by atoms with Crippen molar-refractivity contribution in [3.63, 3.8) is 0 Å². The van der Waals surface area contributed by atoms with Crippen LogP contribution in [-0.4, -0.2) is 127 Å². The predicted molar refractivity (Wildman–Crippen MR) is 392 cm³/mol. The van der Waals surface area contributed by atoms with Crippen molar-refractivity contribution >= 4 is 116 Å². The first-order valence-corrected chi connectivity index (χ1v) is 32.4. The van der Waals surface area contributed by atoms with E-state index in [4.69, 9.17) is 9.84 Å². The zero-order valence-electron chi connectivity index (χ0n) is 56.8. The third-order valence-corrected chi connectivity index (χ3v) is 14.9. The lowest BCUT2D eigenvalue weighted by Crippen LogP contribution is -2.44. The van der Waals surface area contributed by atoms with E-state index in [0.29, 0.717) is 109 Å². The third kappa shape index (κ3) is 22.4. The van der Waals surface area contributed by atoms with Crippen molar-refractivity contribution in [1.82, 2.24) is 50.4 Å². The van der Waals surface area contributed by atoms with Crippen LogP contribution in [0.3, 0.4) is 0 Å². The highest BCUT2D eigenvalue weighted by molar-refractivity contribution is 6.10. The summed E-state index contributed by atoms with van der Waals surface area (Å²) in [5.41, 5.74) is 5.68. The number of aromatic nitrogens is 7. The Labute approximate surface area is 587 Å². The summed E-state index contributed by atoms with van der Waals surface area (Å²) in [5, 5.41) is 42.4. The number of hydrogen-bond donors (Lipinski definition) is 13. The van der Waals surface area contributed by atoms with Gasteiger partial charge in [-0.25, -0.2) is 39.3 Å². The molecule has 0 unspecified atom stereocenters. The van der Waals surface area contributed by atoms with E-state index in [2.05, 4.69) is 106 Å². The molecule has 9 amide bonds. The summed E-state index contributed by atoms with van der Waals surface area (Å²) in [6.07, 6.45) is 13.3. The second kappa shape index (κ2) is 37.4. The van der Waals surface area contributed by atoms with Gasteiger partial charge in [0.2, 0.25) is 5.95 Å². The monoisotopic (exact) mass is 1380 g/mol. The Hall–Kier alpha value is -13.3. The van der Waals surface area contributed by atoms with Crippen molar-refractivity contribution in [3.8, 4) is 11.8 Å². The minimum Gasteiger partial charge on any atom is -0.466 e. The summed E-state index contributed by atoms with van der Waals surface area (Å²) in [6, 6.07) is 35.7. The number of amides is 9. The standard InChI is InChI=1S/C27H33N9O4.C24H23N5O3.C21H22N6O3/c1-4-29-26(39)35-22-13-21(33-18-7-6-10-28-14-18)20(17-30-22)23(37)34-19-15-31-25(32-16-19)36-11-8-27(3,9-12-36)24(38)40-5-2;1-2-25-24(32)29-22-15-21(27-18-8-4-3-5-9-18)20(16-26-22)23(31)28-19-12-10-17(11-13-19)7-6-14-30;1-3-22-21(30)26-18-12-17(24-14-7-5-4-6-8-14)16(13-23-18)20(29)25-15-9-10-27(2)19(28)11-15/h6-7,10,13-17H,4-5,8-9,11-12H2,1-3H3,(H,34,37)(H3,29,30,33,35,39);3-5,8-13,15-16,30H,2,14H2,1H3,(H,28,31)(H3,25,26,27,29,32);4-13H,3H2,1-2H3,(H,25,29)(H3,22,23,24,26,30). The molecular weight excluding hydrogens is 1300 g/mol. The van der Waals surface area contributed by atoms with Crippen LogP contribution in [0.25, 0.3) is 0 Å². The van der Waals surface area contributed by atoms with Crippen LogP contribution in [0, 0.1) is 17.3 Å². The summed E-state index contributed by atoms with van der Waals surface area (Å²) in [7, 11) is 1.63. The molecule has 6 aromatic heterocycles. The van der Waals surface area contributed by atoms with Gasteiger partial charge >= 0.3 is 24.1 Å². The summed E-state index contributed by atoms with van der Waals surface area (Å²) in [4.78, 5) is 126. The van der Waals surface area contributed by atoms with Gasteiger partial charge in [0.15, 0.2) is 0 Å². The molecule has 30 heteroatoms. The number of para-hydroxylation sites is 2. The second-order valence-electron chi connectivity index (χ2n) is 22.5. The number of piperidine rings is 1. The lowest BCUT2D eigenvalue weighted by Gasteiger charge is -2.37. The topological polar surface area (TPSA) is 396 Å². The normalized spacial score (nSPS) is 11.6. The van der Waals surface area contributed by atoms with Gasteiger partial charge in [0.05, 0.1) is 75.7 Å². The van der Waals surface area contributed by atoms with Crippen molar-refractivity contribution in [3.05, 3.63) is 210 Å². The lowest BCUT2D eigenvalue weighted by molar-refractivity contribution is -0.155. The maximum atomic E-state index is 13.2. The molecule has 0 radical (unpaired) electrons. The molecule has 1 aliphatic heterocycles. The molecule has 3 aromatic carbocycles. The van der Waals surface area contributed by atoms with Gasteiger partial charge < -0.3 is 67.2 Å². The smallest absolute Gasteiger partial charge is 0.320 e. The largest absolute Gasteiger partial charge is 0.466 e. The number of aryl methyl sites for hydroxylation is 1. The Morgan fingerprint density at radius 1 is 0.510 bits per heavy atom. The first-order valence-electron chi connectivity index (χ1n) is 32.4. The highest BCUT2D eigenvalue weighted by Crippen LogP contribution is 2.34. The van der Waals surface area contributed by atoms with Gasteiger partial charge in [-0.1, -0.05) is 48.2 Å². The van der Waals surface area contributed by atoms with E-state index in [9.17, 15) is 38.4 Å². The number of nitrogens with zero attached hydrogens (tertiary/aromatic N) is 8. The second-order valence-corrected chi connectivity index (χ2v) is 22.5. The molecule has 0 bridgehead atoms. The van der Waals surface area contributed by atoms with Crippen molar-refractivity contribution in [2.75, 3.05) is 98.7 Å². The molecular formula is C72H78N20O10. The van der Waals surface area contributed by atoms with Gasteiger partial charge in [0, 0.05) is 123 Å². The molecule has 0 atom stereocenters. The first kappa shape index (κ1) is 74.5. The van der Waals surface area contributed by atoms with Gasteiger partial charge in [0.1, 0.15) is 24.1 Å². The molecule has 30 nitrogen and oxygen atoms in total. The van der Waals surface area contributed by atoms with E-state index in [1.807, 2.05) is 79.4 Å². The van der Waals surface area contributed by atoms with E-state index in [1.165, 1.54) is 41.6 Å². The van der Waals surface area contributed by atoms with Gasteiger partial charge in [-0.3, -0.25) is 44.9 Å². The molecule has 7 heterocycles. The number of urea groups is 3. The summed E-state index contributed by atoms with van der Waals surface area (Å²) in [5.74, 6) is 5.32. The van der Waals surface area contributed by atoms with E-state index in [1.54, 1.807) is 107 Å². The summed E-state index contributed by atoms with van der Waals surface area (Å²) < 4.78 is 6.63. The summed E-state index contributed by atoms with van der Waals surface area (Å²) >= 11 is 0. The zero-order valence-corrected chi connectivity index (χ0v) is 56.8. The van der Waals surface area contributed by atoms with Crippen LogP contribution in [0.4, 0.5) is 89.0 Å². The van der Waals surface area contributed by atoms with E-state index < -0.39 is 29.3 Å². The highest BCUT2D eigenvalue weighted by atomic mass is 16.5. The van der Waals surface area contributed by atoms with Crippen molar-refractivity contribution in [2.24, 2.45) is 12.5 Å². The number of rotatable bonds is 21. The number of anilines is 13.